The summed E-state index contributed by atoms with van der Waals surface area (Å²) < 4.78 is 18.0. The Kier molecular flexibility index (Phi) is 4.31. The molecule has 5 heteroatoms. The molecule has 0 amide bonds. The van der Waals surface area contributed by atoms with Crippen LogP contribution in [0.4, 0.5) is 4.39 Å². The van der Waals surface area contributed by atoms with Crippen LogP contribution in [0, 0.1) is 5.82 Å². The van der Waals surface area contributed by atoms with Gasteiger partial charge in [0, 0.05) is 10.6 Å². The molecule has 0 aliphatic rings. The normalized spacial score (nSPS) is 10.7. The summed E-state index contributed by atoms with van der Waals surface area (Å²) in [7, 11) is 0. The standard InChI is InChI=1S/C16H13FN2OS/c17-14-6-4-12(5-7-14)10-21-15-3-1-2-13(8-15)9-16-19-18-11-20-16/h1-8,11H,9-10H2. The van der Waals surface area contributed by atoms with Crippen LogP contribution in [0.2, 0.25) is 0 Å². The van der Waals surface area contributed by atoms with Crippen molar-refractivity contribution in [3.05, 3.63) is 77.8 Å². The van der Waals surface area contributed by atoms with Gasteiger partial charge in [-0.3, -0.25) is 0 Å². The van der Waals surface area contributed by atoms with Gasteiger partial charge in [0.2, 0.25) is 12.3 Å². The Morgan fingerprint density at radius 2 is 1.90 bits per heavy atom. The molecule has 106 valence electrons. The molecule has 0 saturated heterocycles. The quantitative estimate of drug-likeness (QED) is 0.665. The Morgan fingerprint density at radius 1 is 1.05 bits per heavy atom. The van der Waals surface area contributed by atoms with Gasteiger partial charge in [0.05, 0.1) is 6.42 Å². The second-order valence-electron chi connectivity index (χ2n) is 4.57. The fraction of sp³-hybridized carbons (Fsp3) is 0.125. The molecule has 0 bridgehead atoms. The van der Waals surface area contributed by atoms with Crippen molar-refractivity contribution in [2.75, 3.05) is 0 Å². The van der Waals surface area contributed by atoms with E-state index in [1.165, 1.54) is 18.5 Å². The van der Waals surface area contributed by atoms with Gasteiger partial charge in [0.1, 0.15) is 5.82 Å². The molecule has 0 saturated carbocycles. The van der Waals surface area contributed by atoms with E-state index in [4.69, 9.17) is 4.42 Å². The summed E-state index contributed by atoms with van der Waals surface area (Å²) in [5.74, 6) is 1.21. The van der Waals surface area contributed by atoms with E-state index >= 15 is 0 Å². The summed E-state index contributed by atoms with van der Waals surface area (Å²) in [6.07, 6.45) is 1.97. The molecule has 0 aliphatic carbocycles. The first kappa shape index (κ1) is 13.8. The highest BCUT2D eigenvalue weighted by Crippen LogP contribution is 2.24. The average molecular weight is 300 g/mol. The Labute approximate surface area is 126 Å². The van der Waals surface area contributed by atoms with Crippen LogP contribution in [0.15, 0.2) is 64.2 Å². The molecule has 0 fully saturated rings. The number of thioether (sulfide) groups is 1. The first-order valence-corrected chi connectivity index (χ1v) is 7.49. The first-order valence-electron chi connectivity index (χ1n) is 6.51. The molecule has 21 heavy (non-hydrogen) atoms. The van der Waals surface area contributed by atoms with Gasteiger partial charge in [0.25, 0.3) is 0 Å². The molecule has 0 radical (unpaired) electrons. The third-order valence-corrected chi connectivity index (χ3v) is 4.04. The lowest BCUT2D eigenvalue weighted by atomic mass is 10.1. The predicted octanol–water partition coefficient (Wildman–Crippen LogP) is 4.09. The molecule has 1 aromatic heterocycles. The number of nitrogens with zero attached hydrogens (tertiary/aromatic N) is 2. The summed E-state index contributed by atoms with van der Waals surface area (Å²) in [4.78, 5) is 1.16. The molecule has 0 unspecified atom stereocenters. The van der Waals surface area contributed by atoms with Crippen molar-refractivity contribution < 1.29 is 8.81 Å². The molecule has 0 aliphatic heterocycles. The minimum atomic E-state index is -0.203. The van der Waals surface area contributed by atoms with Crippen molar-refractivity contribution in [1.82, 2.24) is 10.2 Å². The van der Waals surface area contributed by atoms with Crippen molar-refractivity contribution in [2.45, 2.75) is 17.1 Å². The van der Waals surface area contributed by atoms with Crippen LogP contribution in [0.3, 0.4) is 0 Å². The molecular weight excluding hydrogens is 287 g/mol. The number of rotatable bonds is 5. The van der Waals surface area contributed by atoms with E-state index in [1.54, 1.807) is 11.8 Å². The fourth-order valence-corrected chi connectivity index (χ4v) is 2.88. The van der Waals surface area contributed by atoms with Crippen LogP contribution >= 0.6 is 11.8 Å². The van der Waals surface area contributed by atoms with Crippen molar-refractivity contribution in [2.24, 2.45) is 0 Å². The van der Waals surface area contributed by atoms with E-state index in [2.05, 4.69) is 22.3 Å². The molecule has 1 heterocycles. The van der Waals surface area contributed by atoms with E-state index in [1.807, 2.05) is 24.3 Å². The van der Waals surface area contributed by atoms with Gasteiger partial charge in [-0.15, -0.1) is 22.0 Å². The zero-order chi connectivity index (χ0) is 14.5. The van der Waals surface area contributed by atoms with E-state index in [9.17, 15) is 4.39 Å². The maximum Gasteiger partial charge on any atom is 0.220 e. The van der Waals surface area contributed by atoms with Gasteiger partial charge >= 0.3 is 0 Å². The number of hydrogen-bond donors (Lipinski definition) is 0. The fourth-order valence-electron chi connectivity index (χ4n) is 1.94. The van der Waals surface area contributed by atoms with Crippen LogP contribution in [-0.2, 0) is 12.2 Å². The van der Waals surface area contributed by atoms with Gasteiger partial charge in [-0.25, -0.2) is 4.39 Å². The molecule has 0 atom stereocenters. The third-order valence-electron chi connectivity index (χ3n) is 2.98. The smallest absolute Gasteiger partial charge is 0.220 e. The summed E-state index contributed by atoms with van der Waals surface area (Å²) in [6, 6.07) is 14.8. The molecule has 3 aromatic rings. The SMILES string of the molecule is Fc1ccc(CSc2cccc(Cc3nnco3)c2)cc1. The van der Waals surface area contributed by atoms with Gasteiger partial charge in [-0.2, -0.15) is 0 Å². The van der Waals surface area contributed by atoms with Crippen molar-refractivity contribution in [1.29, 1.82) is 0 Å². The summed E-state index contributed by atoms with van der Waals surface area (Å²) in [6.45, 7) is 0. The second-order valence-corrected chi connectivity index (χ2v) is 5.62. The molecule has 2 aromatic carbocycles. The molecule has 0 N–H and O–H groups in total. The van der Waals surface area contributed by atoms with Crippen molar-refractivity contribution in [3.8, 4) is 0 Å². The average Bonchev–Trinajstić information content (AvgIpc) is 3.00. The highest BCUT2D eigenvalue weighted by atomic mass is 32.2. The third kappa shape index (κ3) is 3.92. The zero-order valence-corrected chi connectivity index (χ0v) is 12.0. The van der Waals surface area contributed by atoms with Crippen LogP contribution in [0.1, 0.15) is 17.0 Å². The highest BCUT2D eigenvalue weighted by Gasteiger charge is 2.03. The number of benzene rings is 2. The summed E-state index contributed by atoms with van der Waals surface area (Å²) >= 11 is 1.72. The lowest BCUT2D eigenvalue weighted by Gasteiger charge is -2.04. The second kappa shape index (κ2) is 6.54. The minimum absolute atomic E-state index is 0.203. The Hall–Kier alpha value is -2.14. The molecule has 0 spiro atoms. The predicted molar refractivity (Wildman–Crippen MR) is 79.5 cm³/mol. The monoisotopic (exact) mass is 300 g/mol. The summed E-state index contributed by atoms with van der Waals surface area (Å²) in [5, 5.41) is 7.56. The van der Waals surface area contributed by atoms with E-state index in [0.717, 1.165) is 21.8 Å². The Balaban J connectivity index is 1.64. The maximum atomic E-state index is 12.9. The summed E-state index contributed by atoms with van der Waals surface area (Å²) in [5.41, 5.74) is 2.23. The highest BCUT2D eigenvalue weighted by molar-refractivity contribution is 7.98. The van der Waals surface area contributed by atoms with Gasteiger partial charge in [-0.05, 0) is 35.4 Å². The van der Waals surface area contributed by atoms with E-state index in [-0.39, 0.29) is 5.82 Å². The lowest BCUT2D eigenvalue weighted by molar-refractivity contribution is 0.504. The largest absolute Gasteiger partial charge is 0.428 e. The Bertz CT molecular complexity index is 699. The van der Waals surface area contributed by atoms with Crippen molar-refractivity contribution in [3.63, 3.8) is 0 Å². The molecule has 3 nitrogen and oxygen atoms in total. The number of hydrogen-bond acceptors (Lipinski definition) is 4. The molecule has 3 rings (SSSR count). The maximum absolute atomic E-state index is 12.9. The van der Waals surface area contributed by atoms with Crippen LogP contribution < -0.4 is 0 Å². The van der Waals surface area contributed by atoms with Crippen molar-refractivity contribution >= 4 is 11.8 Å². The van der Waals surface area contributed by atoms with Crippen LogP contribution in [0.5, 0.6) is 0 Å². The van der Waals surface area contributed by atoms with Crippen LogP contribution in [0.25, 0.3) is 0 Å². The zero-order valence-electron chi connectivity index (χ0n) is 11.2. The first-order chi connectivity index (χ1) is 10.3. The van der Waals surface area contributed by atoms with Gasteiger partial charge in [-0.1, -0.05) is 24.3 Å². The minimum Gasteiger partial charge on any atom is -0.428 e. The number of aromatic nitrogens is 2. The van der Waals surface area contributed by atoms with Gasteiger partial charge < -0.3 is 4.42 Å². The number of halogens is 1. The Morgan fingerprint density at radius 3 is 2.67 bits per heavy atom. The van der Waals surface area contributed by atoms with Crippen LogP contribution in [-0.4, -0.2) is 10.2 Å². The molecular formula is C16H13FN2OS. The van der Waals surface area contributed by atoms with E-state index < -0.39 is 0 Å². The topological polar surface area (TPSA) is 38.9 Å². The van der Waals surface area contributed by atoms with Gasteiger partial charge in [0.15, 0.2) is 0 Å². The van der Waals surface area contributed by atoms with E-state index in [0.29, 0.717) is 12.3 Å². The lowest BCUT2D eigenvalue weighted by Crippen LogP contribution is -1.89.